The van der Waals surface area contributed by atoms with Gasteiger partial charge in [0.25, 0.3) is 0 Å². The molecule has 34 heavy (non-hydrogen) atoms. The number of benzene rings is 1. The molecule has 1 aromatic carbocycles. The summed E-state index contributed by atoms with van der Waals surface area (Å²) < 4.78 is 19.4. The number of ether oxygens (including phenoxy) is 1. The van der Waals surface area contributed by atoms with Gasteiger partial charge in [-0.05, 0) is 44.5 Å². The molecule has 1 N–H and O–H groups in total. The maximum absolute atomic E-state index is 14.5. The molecule has 3 heterocycles. The molecule has 2 aromatic heterocycles. The Morgan fingerprint density at radius 3 is 2.76 bits per heavy atom. The molecule has 0 unspecified atom stereocenters. The number of aryl methyl sites for hydroxylation is 1. The topological polar surface area (TPSA) is 104 Å². The van der Waals surface area contributed by atoms with E-state index in [4.69, 9.17) is 21.3 Å². The Labute approximate surface area is 201 Å². The summed E-state index contributed by atoms with van der Waals surface area (Å²) in [4.78, 5) is 27.4. The summed E-state index contributed by atoms with van der Waals surface area (Å²) in [7, 11) is 1.27. The lowest BCUT2D eigenvalue weighted by molar-refractivity contribution is 0.0595. The Morgan fingerprint density at radius 2 is 2.12 bits per heavy atom. The lowest BCUT2D eigenvalue weighted by Crippen LogP contribution is -2.27. The van der Waals surface area contributed by atoms with Crippen LogP contribution in [0.2, 0.25) is 5.15 Å². The van der Waals surface area contributed by atoms with Crippen molar-refractivity contribution in [1.82, 2.24) is 15.0 Å². The number of carbonyl (C=O) groups excluding carboxylic acids is 1. The summed E-state index contributed by atoms with van der Waals surface area (Å²) in [5, 5.41) is 13.2. The van der Waals surface area contributed by atoms with Crippen LogP contribution < -0.4 is 10.2 Å². The number of rotatable bonds is 5. The van der Waals surface area contributed by atoms with Gasteiger partial charge < -0.3 is 15.0 Å². The van der Waals surface area contributed by atoms with E-state index >= 15 is 0 Å². The molecule has 4 rings (SSSR count). The fourth-order valence-electron chi connectivity index (χ4n) is 4.17. The molecular formula is C24H24ClFN6O2. The molecule has 10 heteroatoms. The SMILES string of the molecule is COC(=O)c1nc(Cl)ccc1N[C@H](C)c1cc(C)cc2nc(C#N)c(N3CC[C@](C)(F)C3)nc12. The summed E-state index contributed by atoms with van der Waals surface area (Å²) in [6, 6.07) is 8.84. The van der Waals surface area contributed by atoms with Crippen LogP contribution in [0.15, 0.2) is 24.3 Å². The van der Waals surface area contributed by atoms with Crippen LogP contribution in [0.5, 0.6) is 0 Å². The Bertz CT molecular complexity index is 1320. The van der Waals surface area contributed by atoms with Crippen LogP contribution in [-0.2, 0) is 4.74 Å². The summed E-state index contributed by atoms with van der Waals surface area (Å²) in [5.41, 5.74) is 2.23. The molecule has 0 spiro atoms. The van der Waals surface area contributed by atoms with Crippen LogP contribution in [0.25, 0.3) is 11.0 Å². The van der Waals surface area contributed by atoms with Gasteiger partial charge in [0, 0.05) is 18.5 Å². The number of methoxy groups -OCH3 is 1. The number of hydrogen-bond acceptors (Lipinski definition) is 8. The molecule has 3 aromatic rings. The van der Waals surface area contributed by atoms with Gasteiger partial charge in [-0.15, -0.1) is 0 Å². The molecular weight excluding hydrogens is 459 g/mol. The van der Waals surface area contributed by atoms with Crippen molar-refractivity contribution in [2.75, 3.05) is 30.4 Å². The molecule has 1 aliphatic heterocycles. The number of nitrogens with zero attached hydrogens (tertiary/aromatic N) is 5. The van der Waals surface area contributed by atoms with Crippen LogP contribution in [-0.4, -0.2) is 46.8 Å². The highest BCUT2D eigenvalue weighted by atomic mass is 35.5. The zero-order chi connectivity index (χ0) is 24.6. The third kappa shape index (κ3) is 4.59. The van der Waals surface area contributed by atoms with E-state index in [1.165, 1.54) is 7.11 Å². The first-order valence-corrected chi connectivity index (χ1v) is 11.2. The van der Waals surface area contributed by atoms with Crippen molar-refractivity contribution in [1.29, 1.82) is 5.26 Å². The van der Waals surface area contributed by atoms with Crippen molar-refractivity contribution in [2.24, 2.45) is 0 Å². The molecule has 2 atom stereocenters. The fourth-order valence-corrected chi connectivity index (χ4v) is 4.32. The smallest absolute Gasteiger partial charge is 0.358 e. The van der Waals surface area contributed by atoms with Crippen LogP contribution in [0.3, 0.4) is 0 Å². The highest BCUT2D eigenvalue weighted by Crippen LogP contribution is 2.33. The molecule has 0 amide bonds. The van der Waals surface area contributed by atoms with Gasteiger partial charge in [-0.3, -0.25) is 0 Å². The third-order valence-corrected chi connectivity index (χ3v) is 6.04. The lowest BCUT2D eigenvalue weighted by atomic mass is 10.0. The first-order chi connectivity index (χ1) is 16.1. The molecule has 1 saturated heterocycles. The van der Waals surface area contributed by atoms with Gasteiger partial charge >= 0.3 is 5.97 Å². The second kappa shape index (κ2) is 9.03. The minimum Gasteiger partial charge on any atom is -0.464 e. The van der Waals surface area contributed by atoms with Crippen molar-refractivity contribution in [2.45, 2.75) is 38.9 Å². The molecule has 1 fully saturated rings. The predicted octanol–water partition coefficient (Wildman–Crippen LogP) is 4.76. The van der Waals surface area contributed by atoms with E-state index in [-0.39, 0.29) is 29.1 Å². The molecule has 0 bridgehead atoms. The van der Waals surface area contributed by atoms with Gasteiger partial charge in [0.1, 0.15) is 16.9 Å². The van der Waals surface area contributed by atoms with Crippen LogP contribution >= 0.6 is 11.6 Å². The van der Waals surface area contributed by atoms with Gasteiger partial charge in [0.15, 0.2) is 17.2 Å². The Morgan fingerprint density at radius 1 is 1.35 bits per heavy atom. The number of aromatic nitrogens is 3. The average molecular weight is 483 g/mol. The Balaban J connectivity index is 1.79. The number of nitriles is 1. The third-order valence-electron chi connectivity index (χ3n) is 5.83. The van der Waals surface area contributed by atoms with E-state index in [1.54, 1.807) is 24.0 Å². The van der Waals surface area contributed by atoms with Gasteiger partial charge in [0.05, 0.1) is 36.4 Å². The van der Waals surface area contributed by atoms with E-state index < -0.39 is 11.6 Å². The largest absolute Gasteiger partial charge is 0.464 e. The van der Waals surface area contributed by atoms with E-state index in [0.29, 0.717) is 35.5 Å². The zero-order valence-corrected chi connectivity index (χ0v) is 20.1. The minimum absolute atomic E-state index is 0.0663. The maximum atomic E-state index is 14.5. The summed E-state index contributed by atoms with van der Waals surface area (Å²) in [6.07, 6.45) is 0.357. The van der Waals surface area contributed by atoms with Crippen molar-refractivity contribution in [3.05, 3.63) is 51.9 Å². The standard InChI is InChI=1S/C24H24ClFN6O2/c1-13-9-15(14(2)28-16-5-6-19(25)30-21(16)23(33)34-4)20-17(10-13)29-18(11-27)22(31-20)32-8-7-24(3,26)12-32/h5-6,9-10,14,28H,7-8,12H2,1-4H3/t14-,24+/m1/s1. The van der Waals surface area contributed by atoms with E-state index in [0.717, 1.165) is 11.1 Å². The number of fused-ring (bicyclic) bond motifs is 1. The van der Waals surface area contributed by atoms with Crippen LogP contribution in [0.1, 0.15) is 53.6 Å². The zero-order valence-electron chi connectivity index (χ0n) is 19.3. The minimum atomic E-state index is -1.35. The maximum Gasteiger partial charge on any atom is 0.358 e. The second-order valence-electron chi connectivity index (χ2n) is 8.70. The van der Waals surface area contributed by atoms with Gasteiger partial charge in [-0.2, -0.15) is 5.26 Å². The van der Waals surface area contributed by atoms with Gasteiger partial charge in [-0.25, -0.2) is 24.1 Å². The van der Waals surface area contributed by atoms with Gasteiger partial charge in [0.2, 0.25) is 0 Å². The molecule has 176 valence electrons. The van der Waals surface area contributed by atoms with Crippen molar-refractivity contribution in [3.63, 3.8) is 0 Å². The van der Waals surface area contributed by atoms with Crippen molar-refractivity contribution >= 4 is 40.1 Å². The molecule has 8 nitrogen and oxygen atoms in total. The van der Waals surface area contributed by atoms with Crippen LogP contribution in [0, 0.1) is 18.3 Å². The number of hydrogen-bond donors (Lipinski definition) is 1. The van der Waals surface area contributed by atoms with Crippen molar-refractivity contribution in [3.8, 4) is 6.07 Å². The number of alkyl halides is 1. The Kier molecular flexibility index (Phi) is 6.28. The number of halogens is 2. The number of carbonyl (C=O) groups is 1. The average Bonchev–Trinajstić information content (AvgIpc) is 3.17. The van der Waals surface area contributed by atoms with Gasteiger partial charge in [-0.1, -0.05) is 17.7 Å². The summed E-state index contributed by atoms with van der Waals surface area (Å²) >= 11 is 5.98. The van der Waals surface area contributed by atoms with E-state index in [2.05, 4.69) is 21.4 Å². The highest BCUT2D eigenvalue weighted by molar-refractivity contribution is 6.29. The number of anilines is 2. The lowest BCUT2D eigenvalue weighted by Gasteiger charge is -2.22. The van der Waals surface area contributed by atoms with Crippen molar-refractivity contribution < 1.29 is 13.9 Å². The fraction of sp³-hybridized carbons (Fsp3) is 0.375. The molecule has 0 radical (unpaired) electrons. The van der Waals surface area contributed by atoms with E-state index in [1.807, 2.05) is 26.0 Å². The number of nitrogens with one attached hydrogen (secondary N) is 1. The first-order valence-electron chi connectivity index (χ1n) is 10.8. The predicted molar refractivity (Wildman–Crippen MR) is 128 cm³/mol. The number of pyridine rings is 1. The van der Waals surface area contributed by atoms with E-state index in [9.17, 15) is 14.4 Å². The Hall–Kier alpha value is -3.51. The second-order valence-corrected chi connectivity index (χ2v) is 9.09. The normalized spacial score (nSPS) is 18.6. The highest BCUT2D eigenvalue weighted by Gasteiger charge is 2.35. The molecule has 0 aliphatic carbocycles. The number of esters is 1. The summed E-state index contributed by atoms with van der Waals surface area (Å²) in [5.74, 6) is -0.243. The molecule has 1 aliphatic rings. The molecule has 0 saturated carbocycles. The van der Waals surface area contributed by atoms with Crippen LogP contribution in [0.4, 0.5) is 15.9 Å². The monoisotopic (exact) mass is 482 g/mol. The first kappa shape index (κ1) is 23.6. The summed E-state index contributed by atoms with van der Waals surface area (Å²) in [6.45, 7) is 5.99. The quantitative estimate of drug-likeness (QED) is 0.410.